The second-order valence-corrected chi connectivity index (χ2v) is 6.42. The highest BCUT2D eigenvalue weighted by Crippen LogP contribution is 2.41. The van der Waals surface area contributed by atoms with Crippen molar-refractivity contribution in [3.63, 3.8) is 0 Å². The van der Waals surface area contributed by atoms with Gasteiger partial charge in [0.15, 0.2) is 17.5 Å². The Balaban J connectivity index is 1.97. The van der Waals surface area contributed by atoms with Gasteiger partial charge in [-0.2, -0.15) is 0 Å². The number of carboxylic acids is 1. The zero-order chi connectivity index (χ0) is 18.0. The predicted molar refractivity (Wildman–Crippen MR) is 88.9 cm³/mol. The van der Waals surface area contributed by atoms with E-state index in [2.05, 4.69) is 0 Å². The zero-order valence-electron chi connectivity index (χ0n) is 14.5. The van der Waals surface area contributed by atoms with Crippen molar-refractivity contribution in [2.75, 3.05) is 20.8 Å². The molecule has 0 aromatic heterocycles. The average Bonchev–Trinajstić information content (AvgIpc) is 2.99. The summed E-state index contributed by atoms with van der Waals surface area (Å²) in [5.74, 6) is -0.457. The van der Waals surface area contributed by atoms with E-state index < -0.39 is 17.7 Å². The highest BCUT2D eigenvalue weighted by atomic mass is 16.5. The van der Waals surface area contributed by atoms with Crippen LogP contribution in [0.1, 0.15) is 42.5 Å². The monoisotopic (exact) mass is 349 g/mol. The third-order valence-electron chi connectivity index (χ3n) is 5.03. The number of aliphatic carboxylic acids is 1. The number of methoxy groups -OCH3 is 2. The Morgan fingerprint density at radius 2 is 1.84 bits per heavy atom. The van der Waals surface area contributed by atoms with Gasteiger partial charge in [-0.3, -0.25) is 9.69 Å². The van der Waals surface area contributed by atoms with Gasteiger partial charge in [-0.1, -0.05) is 6.42 Å². The molecular formula is C18H23NO6. The average molecular weight is 349 g/mol. The highest BCUT2D eigenvalue weighted by Gasteiger charge is 2.53. The van der Waals surface area contributed by atoms with Gasteiger partial charge in [0.2, 0.25) is 0 Å². The van der Waals surface area contributed by atoms with Gasteiger partial charge in [-0.25, -0.2) is 4.79 Å². The molecule has 0 bridgehead atoms. The van der Waals surface area contributed by atoms with Crippen molar-refractivity contribution in [2.24, 2.45) is 0 Å². The van der Waals surface area contributed by atoms with E-state index >= 15 is 0 Å². The summed E-state index contributed by atoms with van der Waals surface area (Å²) in [7, 11) is 3.01. The maximum atomic E-state index is 13.2. The summed E-state index contributed by atoms with van der Waals surface area (Å²) < 4.78 is 16.3. The molecule has 1 aromatic rings. The van der Waals surface area contributed by atoms with Crippen molar-refractivity contribution in [3.05, 3.63) is 23.8 Å². The molecule has 1 aliphatic heterocycles. The van der Waals surface area contributed by atoms with Gasteiger partial charge in [-0.15, -0.1) is 0 Å². The summed E-state index contributed by atoms with van der Waals surface area (Å²) in [5, 5.41) is 9.56. The predicted octanol–water partition coefficient (Wildman–Crippen LogP) is 2.29. The summed E-state index contributed by atoms with van der Waals surface area (Å²) in [4.78, 5) is 26.3. The van der Waals surface area contributed by atoms with Crippen LogP contribution in [-0.4, -0.2) is 54.5 Å². The van der Waals surface area contributed by atoms with Crippen LogP contribution in [0.15, 0.2) is 18.2 Å². The minimum Gasteiger partial charge on any atom is -0.493 e. The quantitative estimate of drug-likeness (QED) is 0.898. The van der Waals surface area contributed by atoms with E-state index in [4.69, 9.17) is 14.2 Å². The molecule has 1 heterocycles. The molecule has 1 saturated carbocycles. The lowest BCUT2D eigenvalue weighted by Crippen LogP contribution is -2.54. The van der Waals surface area contributed by atoms with Crippen LogP contribution in [0.3, 0.4) is 0 Å². The summed E-state index contributed by atoms with van der Waals surface area (Å²) >= 11 is 0. The SMILES string of the molecule is COc1ccc(C(=O)N2C(C(=O)O)COC23CCCCC3)cc1OC. The van der Waals surface area contributed by atoms with Crippen molar-refractivity contribution in [1.29, 1.82) is 0 Å². The lowest BCUT2D eigenvalue weighted by molar-refractivity contribution is -0.143. The molecule has 1 unspecified atom stereocenters. The lowest BCUT2D eigenvalue weighted by atomic mass is 9.89. The number of nitrogens with zero attached hydrogens (tertiary/aromatic N) is 1. The second-order valence-electron chi connectivity index (χ2n) is 6.42. The van der Waals surface area contributed by atoms with E-state index in [-0.39, 0.29) is 12.5 Å². The first kappa shape index (κ1) is 17.5. The van der Waals surface area contributed by atoms with Crippen LogP contribution in [-0.2, 0) is 9.53 Å². The number of rotatable bonds is 4. The molecule has 0 radical (unpaired) electrons. The standard InChI is InChI=1S/C18H23NO6/c1-23-14-7-6-12(10-15(14)24-2)16(20)19-13(17(21)22)11-25-18(19)8-4-3-5-9-18/h6-7,10,13H,3-5,8-9,11H2,1-2H3,(H,21,22). The van der Waals surface area contributed by atoms with Gasteiger partial charge < -0.3 is 19.3 Å². The summed E-state index contributed by atoms with van der Waals surface area (Å²) in [5.41, 5.74) is -0.453. The molecule has 2 fully saturated rings. The van der Waals surface area contributed by atoms with Gasteiger partial charge in [0, 0.05) is 5.56 Å². The minimum absolute atomic E-state index is 0.0222. The molecule has 1 aromatic carbocycles. The molecule has 1 N–H and O–H groups in total. The molecule has 7 heteroatoms. The van der Waals surface area contributed by atoms with Gasteiger partial charge >= 0.3 is 5.97 Å². The highest BCUT2D eigenvalue weighted by molar-refractivity contribution is 5.98. The van der Waals surface area contributed by atoms with Gasteiger partial charge in [-0.05, 0) is 43.9 Å². The Labute approximate surface area is 146 Å². The number of ether oxygens (including phenoxy) is 3. The number of hydrogen-bond acceptors (Lipinski definition) is 5. The first-order valence-electron chi connectivity index (χ1n) is 8.45. The minimum atomic E-state index is -1.05. The van der Waals surface area contributed by atoms with E-state index in [0.717, 1.165) is 19.3 Å². The number of amides is 1. The van der Waals surface area contributed by atoms with Crippen molar-refractivity contribution in [1.82, 2.24) is 4.90 Å². The van der Waals surface area contributed by atoms with Crippen LogP contribution in [0.4, 0.5) is 0 Å². The Bertz CT molecular complexity index is 668. The third-order valence-corrected chi connectivity index (χ3v) is 5.03. The molecule has 2 aliphatic rings. The molecule has 1 atom stereocenters. The fourth-order valence-corrected chi connectivity index (χ4v) is 3.77. The normalized spacial score (nSPS) is 22.0. The zero-order valence-corrected chi connectivity index (χ0v) is 14.5. The molecular weight excluding hydrogens is 326 g/mol. The number of carbonyl (C=O) groups is 2. The largest absolute Gasteiger partial charge is 0.493 e. The van der Waals surface area contributed by atoms with Crippen LogP contribution < -0.4 is 9.47 Å². The van der Waals surface area contributed by atoms with E-state index in [9.17, 15) is 14.7 Å². The van der Waals surface area contributed by atoms with Crippen molar-refractivity contribution < 1.29 is 28.9 Å². The number of benzene rings is 1. The second kappa shape index (κ2) is 6.92. The fraction of sp³-hybridized carbons (Fsp3) is 0.556. The van der Waals surface area contributed by atoms with Crippen molar-refractivity contribution >= 4 is 11.9 Å². The molecule has 136 valence electrons. The molecule has 7 nitrogen and oxygen atoms in total. The smallest absolute Gasteiger partial charge is 0.328 e. The summed E-state index contributed by atoms with van der Waals surface area (Å²) in [6.07, 6.45) is 4.23. The Morgan fingerprint density at radius 3 is 2.44 bits per heavy atom. The Kier molecular flexibility index (Phi) is 4.85. The van der Waals surface area contributed by atoms with Gasteiger partial charge in [0.25, 0.3) is 5.91 Å². The third kappa shape index (κ3) is 3.04. The van der Waals surface area contributed by atoms with E-state index in [1.807, 2.05) is 0 Å². The molecule has 1 spiro atoms. The fourth-order valence-electron chi connectivity index (χ4n) is 3.77. The topological polar surface area (TPSA) is 85.3 Å². The maximum absolute atomic E-state index is 13.2. The van der Waals surface area contributed by atoms with E-state index in [1.54, 1.807) is 18.2 Å². The lowest BCUT2D eigenvalue weighted by Gasteiger charge is -2.41. The first-order valence-corrected chi connectivity index (χ1v) is 8.45. The molecule has 1 aliphatic carbocycles. The van der Waals surface area contributed by atoms with E-state index in [1.165, 1.54) is 19.1 Å². The van der Waals surface area contributed by atoms with Gasteiger partial charge in [0.1, 0.15) is 5.72 Å². The number of hydrogen-bond donors (Lipinski definition) is 1. The Hall–Kier alpha value is -2.28. The first-order chi connectivity index (χ1) is 12.0. The summed E-state index contributed by atoms with van der Waals surface area (Å²) in [6, 6.07) is 3.87. The van der Waals surface area contributed by atoms with Crippen molar-refractivity contribution in [2.45, 2.75) is 43.9 Å². The summed E-state index contributed by atoms with van der Waals surface area (Å²) in [6.45, 7) is 0.0222. The number of carboxylic acid groups (broad SMARTS) is 1. The van der Waals surface area contributed by atoms with E-state index in [0.29, 0.717) is 29.9 Å². The maximum Gasteiger partial charge on any atom is 0.328 e. The number of carbonyl (C=O) groups excluding carboxylic acids is 1. The van der Waals surface area contributed by atoms with Crippen molar-refractivity contribution in [3.8, 4) is 11.5 Å². The molecule has 3 rings (SSSR count). The van der Waals surface area contributed by atoms with Crippen LogP contribution in [0.2, 0.25) is 0 Å². The van der Waals surface area contributed by atoms with Gasteiger partial charge in [0.05, 0.1) is 20.8 Å². The van der Waals surface area contributed by atoms with Crippen LogP contribution in [0.25, 0.3) is 0 Å². The molecule has 1 amide bonds. The van der Waals surface area contributed by atoms with Crippen LogP contribution in [0, 0.1) is 0 Å². The van der Waals surface area contributed by atoms with Crippen LogP contribution in [0.5, 0.6) is 11.5 Å². The molecule has 1 saturated heterocycles. The van der Waals surface area contributed by atoms with Crippen LogP contribution >= 0.6 is 0 Å². The molecule has 25 heavy (non-hydrogen) atoms. The Morgan fingerprint density at radius 1 is 1.16 bits per heavy atom.